The number of nitrogens with zero attached hydrogens (tertiary/aromatic N) is 2. The second kappa shape index (κ2) is 9.29. The molecule has 0 saturated carbocycles. The Bertz CT molecular complexity index is 793. The van der Waals surface area contributed by atoms with Gasteiger partial charge < -0.3 is 24.6 Å². The van der Waals surface area contributed by atoms with Gasteiger partial charge in [-0.05, 0) is 68.4 Å². The number of amides is 1. The van der Waals surface area contributed by atoms with E-state index in [0.29, 0.717) is 12.2 Å². The van der Waals surface area contributed by atoms with Crippen LogP contribution in [0.1, 0.15) is 23.2 Å². The smallest absolute Gasteiger partial charge is 0.255 e. The number of nitrogens with one attached hydrogen (secondary N) is 1. The number of carbonyl (C=O) groups excluding carboxylic acids is 1. The Labute approximate surface area is 172 Å². The molecule has 2 aliphatic rings. The van der Waals surface area contributed by atoms with E-state index in [0.717, 1.165) is 57.1 Å². The third kappa shape index (κ3) is 5.28. The van der Waals surface area contributed by atoms with Gasteiger partial charge >= 0.3 is 0 Å². The summed E-state index contributed by atoms with van der Waals surface area (Å²) in [5.74, 6) is 0.636. The first kappa shape index (κ1) is 19.7. The number of likely N-dealkylation sites (N-methyl/N-ethyl adjacent to an activating group) is 1. The van der Waals surface area contributed by atoms with Crippen LogP contribution in [0.25, 0.3) is 0 Å². The van der Waals surface area contributed by atoms with E-state index in [-0.39, 0.29) is 12.0 Å². The highest BCUT2D eigenvalue weighted by molar-refractivity contribution is 6.04. The number of ether oxygens (including phenoxy) is 2. The molecule has 2 heterocycles. The second-order valence-corrected chi connectivity index (χ2v) is 7.76. The molecular weight excluding hydrogens is 366 g/mol. The molecule has 0 aliphatic carbocycles. The van der Waals surface area contributed by atoms with Crippen molar-refractivity contribution in [3.05, 3.63) is 54.1 Å². The van der Waals surface area contributed by atoms with Gasteiger partial charge in [0.25, 0.3) is 5.91 Å². The summed E-state index contributed by atoms with van der Waals surface area (Å²) < 4.78 is 11.3. The number of anilines is 2. The first-order valence-corrected chi connectivity index (χ1v) is 10.4. The van der Waals surface area contributed by atoms with Gasteiger partial charge in [0.05, 0.1) is 6.10 Å². The molecule has 0 radical (unpaired) electrons. The van der Waals surface area contributed by atoms with E-state index in [9.17, 15) is 4.79 Å². The van der Waals surface area contributed by atoms with Crippen LogP contribution in [-0.4, -0.2) is 63.4 Å². The van der Waals surface area contributed by atoms with Gasteiger partial charge in [-0.1, -0.05) is 0 Å². The van der Waals surface area contributed by atoms with Crippen LogP contribution < -0.4 is 15.0 Å². The summed E-state index contributed by atoms with van der Waals surface area (Å²) in [6.07, 6.45) is 2.34. The van der Waals surface area contributed by atoms with Crippen LogP contribution in [0.4, 0.5) is 11.4 Å². The highest BCUT2D eigenvalue weighted by Gasteiger charge is 2.16. The minimum atomic E-state index is -0.122. The number of benzene rings is 2. The van der Waals surface area contributed by atoms with E-state index in [2.05, 4.69) is 34.3 Å². The lowest BCUT2D eigenvalue weighted by atomic mass is 10.2. The van der Waals surface area contributed by atoms with Crippen LogP contribution in [0.3, 0.4) is 0 Å². The molecule has 1 amide bonds. The van der Waals surface area contributed by atoms with Gasteiger partial charge in [-0.3, -0.25) is 4.79 Å². The monoisotopic (exact) mass is 395 g/mol. The standard InChI is InChI=1S/C23H29N3O3/c1-25-12-14-26(15-13-25)20-8-6-19(7-9-20)24-23(27)18-4-10-21(11-5-18)29-17-22-3-2-16-28-22/h4-11,22H,2-3,12-17H2,1H3,(H,24,27)/t22-/m0/s1. The fourth-order valence-corrected chi connectivity index (χ4v) is 3.69. The predicted molar refractivity (Wildman–Crippen MR) is 115 cm³/mol. The maximum Gasteiger partial charge on any atom is 0.255 e. The van der Waals surface area contributed by atoms with Crippen molar-refractivity contribution in [3.8, 4) is 5.75 Å². The predicted octanol–water partition coefficient (Wildman–Crippen LogP) is 3.25. The average Bonchev–Trinajstić information content (AvgIpc) is 3.27. The van der Waals surface area contributed by atoms with Crippen LogP contribution in [0.5, 0.6) is 5.75 Å². The number of carbonyl (C=O) groups is 1. The lowest BCUT2D eigenvalue weighted by Gasteiger charge is -2.34. The summed E-state index contributed by atoms with van der Waals surface area (Å²) in [7, 11) is 2.15. The zero-order valence-electron chi connectivity index (χ0n) is 17.0. The third-order valence-corrected chi connectivity index (χ3v) is 5.57. The van der Waals surface area contributed by atoms with Crippen molar-refractivity contribution in [1.29, 1.82) is 0 Å². The Morgan fingerprint density at radius 2 is 1.79 bits per heavy atom. The van der Waals surface area contributed by atoms with Gasteiger partial charge in [0.1, 0.15) is 12.4 Å². The normalized spacial score (nSPS) is 19.9. The summed E-state index contributed by atoms with van der Waals surface area (Å²) in [6.45, 7) is 5.60. The number of rotatable bonds is 6. The van der Waals surface area contributed by atoms with Gasteiger partial charge in [0, 0.05) is 49.7 Å². The largest absolute Gasteiger partial charge is 0.491 e. The highest BCUT2D eigenvalue weighted by Crippen LogP contribution is 2.21. The lowest BCUT2D eigenvalue weighted by Crippen LogP contribution is -2.44. The van der Waals surface area contributed by atoms with Crippen molar-refractivity contribution < 1.29 is 14.3 Å². The molecule has 29 heavy (non-hydrogen) atoms. The van der Waals surface area contributed by atoms with Crippen molar-refractivity contribution in [1.82, 2.24) is 4.90 Å². The first-order chi connectivity index (χ1) is 14.2. The van der Waals surface area contributed by atoms with E-state index in [1.54, 1.807) is 12.1 Å². The molecule has 0 unspecified atom stereocenters. The average molecular weight is 396 g/mol. The van der Waals surface area contributed by atoms with E-state index in [1.807, 2.05) is 24.3 Å². The van der Waals surface area contributed by atoms with E-state index in [4.69, 9.17) is 9.47 Å². The Hall–Kier alpha value is -2.57. The number of hydrogen-bond acceptors (Lipinski definition) is 5. The maximum atomic E-state index is 12.5. The Kier molecular flexibility index (Phi) is 6.32. The van der Waals surface area contributed by atoms with Crippen molar-refractivity contribution >= 4 is 17.3 Å². The van der Waals surface area contributed by atoms with E-state index in [1.165, 1.54) is 5.69 Å². The first-order valence-electron chi connectivity index (χ1n) is 10.4. The van der Waals surface area contributed by atoms with Gasteiger partial charge in [-0.25, -0.2) is 0 Å². The van der Waals surface area contributed by atoms with Gasteiger partial charge in [-0.2, -0.15) is 0 Å². The van der Waals surface area contributed by atoms with Crippen molar-refractivity contribution in [2.45, 2.75) is 18.9 Å². The number of piperazine rings is 1. The molecule has 2 aromatic rings. The summed E-state index contributed by atoms with van der Waals surface area (Å²) in [6, 6.07) is 15.3. The van der Waals surface area contributed by atoms with E-state index < -0.39 is 0 Å². The molecule has 0 aromatic heterocycles. The van der Waals surface area contributed by atoms with Crippen molar-refractivity contribution in [3.63, 3.8) is 0 Å². The fourth-order valence-electron chi connectivity index (χ4n) is 3.69. The summed E-state index contributed by atoms with van der Waals surface area (Å²) in [4.78, 5) is 17.2. The van der Waals surface area contributed by atoms with Gasteiger partial charge in [0.2, 0.25) is 0 Å². The molecule has 2 aromatic carbocycles. The topological polar surface area (TPSA) is 54.0 Å². The molecule has 2 aliphatic heterocycles. The van der Waals surface area contributed by atoms with Crippen LogP contribution in [-0.2, 0) is 4.74 Å². The molecule has 1 atom stereocenters. The molecule has 1 N–H and O–H groups in total. The van der Waals surface area contributed by atoms with Crippen molar-refractivity contribution in [2.75, 3.05) is 56.7 Å². The van der Waals surface area contributed by atoms with Crippen LogP contribution in [0, 0.1) is 0 Å². The van der Waals surface area contributed by atoms with Crippen molar-refractivity contribution in [2.24, 2.45) is 0 Å². The molecule has 154 valence electrons. The molecule has 2 saturated heterocycles. The fraction of sp³-hybridized carbons (Fsp3) is 0.435. The molecule has 6 nitrogen and oxygen atoms in total. The quantitative estimate of drug-likeness (QED) is 0.814. The van der Waals surface area contributed by atoms with Gasteiger partial charge in [0.15, 0.2) is 0 Å². The van der Waals surface area contributed by atoms with E-state index >= 15 is 0 Å². The Morgan fingerprint density at radius 1 is 1.07 bits per heavy atom. The zero-order chi connectivity index (χ0) is 20.1. The minimum absolute atomic E-state index is 0.122. The second-order valence-electron chi connectivity index (χ2n) is 7.76. The molecule has 0 spiro atoms. The SMILES string of the molecule is CN1CCN(c2ccc(NC(=O)c3ccc(OC[C@@H]4CCCO4)cc3)cc2)CC1. The summed E-state index contributed by atoms with van der Waals surface area (Å²) >= 11 is 0. The molecule has 0 bridgehead atoms. The summed E-state index contributed by atoms with van der Waals surface area (Å²) in [5, 5.41) is 2.97. The number of hydrogen-bond donors (Lipinski definition) is 1. The summed E-state index contributed by atoms with van der Waals surface area (Å²) in [5.41, 5.74) is 2.60. The molecular formula is C23H29N3O3. The van der Waals surface area contributed by atoms with Gasteiger partial charge in [-0.15, -0.1) is 0 Å². The molecule has 4 rings (SSSR count). The Morgan fingerprint density at radius 3 is 2.45 bits per heavy atom. The lowest BCUT2D eigenvalue weighted by molar-refractivity contribution is 0.0679. The molecule has 6 heteroatoms. The maximum absolute atomic E-state index is 12.5. The van der Waals surface area contributed by atoms with Crippen LogP contribution in [0.15, 0.2) is 48.5 Å². The molecule has 2 fully saturated rings. The van der Waals surface area contributed by atoms with Crippen LogP contribution >= 0.6 is 0 Å². The zero-order valence-corrected chi connectivity index (χ0v) is 17.0. The third-order valence-electron chi connectivity index (χ3n) is 5.57. The van der Waals surface area contributed by atoms with Crippen LogP contribution in [0.2, 0.25) is 0 Å². The highest BCUT2D eigenvalue weighted by atomic mass is 16.5. The Balaban J connectivity index is 1.29. The minimum Gasteiger partial charge on any atom is -0.491 e.